The van der Waals surface area contributed by atoms with Gasteiger partial charge < -0.3 is 5.32 Å². The molecule has 116 valence electrons. The fourth-order valence-electron chi connectivity index (χ4n) is 2.45. The van der Waals surface area contributed by atoms with E-state index in [1.54, 1.807) is 31.2 Å². The molecule has 1 amide bonds. The summed E-state index contributed by atoms with van der Waals surface area (Å²) in [6.07, 6.45) is 1.28. The zero-order valence-electron chi connectivity index (χ0n) is 13.4. The molecular formula is C17H21N3O2. The van der Waals surface area contributed by atoms with Crippen molar-refractivity contribution >= 4 is 17.5 Å². The number of aromatic nitrogens is 2. The summed E-state index contributed by atoms with van der Waals surface area (Å²) in [4.78, 5) is 23.9. The molecule has 22 heavy (non-hydrogen) atoms. The van der Waals surface area contributed by atoms with E-state index in [2.05, 4.69) is 17.3 Å². The van der Waals surface area contributed by atoms with Gasteiger partial charge in [-0.3, -0.25) is 9.59 Å². The monoisotopic (exact) mass is 299 g/mol. The van der Waals surface area contributed by atoms with E-state index in [9.17, 15) is 9.59 Å². The van der Waals surface area contributed by atoms with Crippen molar-refractivity contribution in [3.05, 3.63) is 46.8 Å². The van der Waals surface area contributed by atoms with Gasteiger partial charge in [-0.15, -0.1) is 0 Å². The van der Waals surface area contributed by atoms with Crippen LogP contribution in [0.5, 0.6) is 0 Å². The molecule has 2 aromatic rings. The van der Waals surface area contributed by atoms with Gasteiger partial charge in [-0.1, -0.05) is 13.8 Å². The average Bonchev–Trinajstić information content (AvgIpc) is 2.81. The Labute approximate surface area is 130 Å². The summed E-state index contributed by atoms with van der Waals surface area (Å²) < 4.78 is 1.45. The summed E-state index contributed by atoms with van der Waals surface area (Å²) in [5.74, 6) is -0.209. The number of amides is 1. The van der Waals surface area contributed by atoms with E-state index in [1.165, 1.54) is 4.68 Å². The van der Waals surface area contributed by atoms with Crippen molar-refractivity contribution in [2.24, 2.45) is 0 Å². The Morgan fingerprint density at radius 3 is 2.27 bits per heavy atom. The fraction of sp³-hybridized carbons (Fsp3) is 0.353. The number of anilines is 1. The van der Waals surface area contributed by atoms with Crippen LogP contribution in [0.2, 0.25) is 0 Å². The molecule has 0 fully saturated rings. The van der Waals surface area contributed by atoms with Crippen LogP contribution >= 0.6 is 0 Å². The predicted octanol–water partition coefficient (Wildman–Crippen LogP) is 3.10. The van der Waals surface area contributed by atoms with Gasteiger partial charge in [0.2, 0.25) is 5.91 Å². The molecule has 0 saturated carbocycles. The zero-order chi connectivity index (χ0) is 16.3. The topological polar surface area (TPSA) is 64.0 Å². The Balaban J connectivity index is 2.25. The van der Waals surface area contributed by atoms with E-state index in [-0.39, 0.29) is 11.8 Å². The third kappa shape index (κ3) is 3.08. The largest absolute Gasteiger partial charge is 0.326 e. The lowest BCUT2D eigenvalue weighted by molar-refractivity contribution is -0.115. The van der Waals surface area contributed by atoms with Crippen LogP contribution in [0.4, 0.5) is 5.69 Å². The van der Waals surface area contributed by atoms with Gasteiger partial charge in [0.05, 0.1) is 5.69 Å². The number of rotatable bonds is 4. The minimum Gasteiger partial charge on any atom is -0.326 e. The van der Waals surface area contributed by atoms with Crippen LogP contribution in [0.15, 0.2) is 24.3 Å². The molecule has 0 aliphatic heterocycles. The van der Waals surface area contributed by atoms with Gasteiger partial charge in [0.1, 0.15) is 0 Å². The van der Waals surface area contributed by atoms with Crippen LogP contribution in [0, 0.1) is 13.8 Å². The lowest BCUT2D eigenvalue weighted by Crippen LogP contribution is -2.16. The van der Waals surface area contributed by atoms with Gasteiger partial charge in [-0.25, -0.2) is 4.68 Å². The first-order valence-corrected chi connectivity index (χ1v) is 7.47. The Hall–Kier alpha value is -2.43. The first kappa shape index (κ1) is 15.9. The summed E-state index contributed by atoms with van der Waals surface area (Å²) in [6.45, 7) is 7.67. The number of nitrogens with one attached hydrogen (secondary N) is 1. The van der Waals surface area contributed by atoms with E-state index in [0.717, 1.165) is 23.4 Å². The Bertz CT molecular complexity index is 699. The number of carbonyl (C=O) groups excluding carboxylic acids is 2. The van der Waals surface area contributed by atoms with Crippen molar-refractivity contribution in [3.63, 3.8) is 0 Å². The second-order valence-electron chi connectivity index (χ2n) is 5.20. The molecule has 5 heteroatoms. The standard InChI is InChI=1S/C17H21N3O2/c1-5-15-11(3)19-20(12(15)4)17(22)13-7-9-14(10-8-13)18-16(21)6-2/h7-10H,5-6H2,1-4H3,(H,18,21). The van der Waals surface area contributed by atoms with E-state index in [0.29, 0.717) is 17.7 Å². The second kappa shape index (κ2) is 6.56. The molecule has 0 spiro atoms. The first-order chi connectivity index (χ1) is 10.5. The molecule has 2 rings (SSSR count). The molecule has 0 saturated heterocycles. The summed E-state index contributed by atoms with van der Waals surface area (Å²) in [5, 5.41) is 7.10. The highest BCUT2D eigenvalue weighted by Gasteiger charge is 2.16. The summed E-state index contributed by atoms with van der Waals surface area (Å²) in [7, 11) is 0. The molecule has 1 heterocycles. The van der Waals surface area contributed by atoms with Crippen molar-refractivity contribution in [1.29, 1.82) is 0 Å². The van der Waals surface area contributed by atoms with Crippen LogP contribution in [-0.2, 0) is 11.2 Å². The molecular weight excluding hydrogens is 278 g/mol. The number of nitrogens with zero attached hydrogens (tertiary/aromatic N) is 2. The minimum atomic E-state index is -0.159. The van der Waals surface area contributed by atoms with Gasteiger partial charge in [-0.05, 0) is 50.1 Å². The number of hydrogen-bond donors (Lipinski definition) is 1. The van der Waals surface area contributed by atoms with Crippen LogP contribution in [0.3, 0.4) is 0 Å². The number of aryl methyl sites for hydroxylation is 1. The maximum Gasteiger partial charge on any atom is 0.278 e. The van der Waals surface area contributed by atoms with E-state index < -0.39 is 0 Å². The van der Waals surface area contributed by atoms with Crippen LogP contribution in [0.25, 0.3) is 0 Å². The van der Waals surface area contributed by atoms with Crippen LogP contribution < -0.4 is 5.32 Å². The first-order valence-electron chi connectivity index (χ1n) is 7.47. The maximum absolute atomic E-state index is 12.6. The van der Waals surface area contributed by atoms with Crippen molar-refractivity contribution < 1.29 is 9.59 Å². The van der Waals surface area contributed by atoms with Crippen LogP contribution in [0.1, 0.15) is 47.6 Å². The normalized spacial score (nSPS) is 10.5. The van der Waals surface area contributed by atoms with E-state index >= 15 is 0 Å². The number of hydrogen-bond acceptors (Lipinski definition) is 3. The third-order valence-corrected chi connectivity index (χ3v) is 3.72. The molecule has 0 unspecified atom stereocenters. The molecule has 1 aromatic carbocycles. The smallest absolute Gasteiger partial charge is 0.278 e. The van der Waals surface area contributed by atoms with E-state index in [4.69, 9.17) is 0 Å². The van der Waals surface area contributed by atoms with E-state index in [1.807, 2.05) is 13.8 Å². The molecule has 0 aliphatic rings. The maximum atomic E-state index is 12.6. The lowest BCUT2D eigenvalue weighted by atomic mass is 10.1. The van der Waals surface area contributed by atoms with Crippen molar-refractivity contribution in [2.45, 2.75) is 40.5 Å². The van der Waals surface area contributed by atoms with Gasteiger partial charge in [-0.2, -0.15) is 5.10 Å². The van der Waals surface area contributed by atoms with Gasteiger partial charge in [0.15, 0.2) is 0 Å². The SMILES string of the molecule is CCC(=O)Nc1ccc(C(=O)n2nc(C)c(CC)c2C)cc1. The molecule has 1 N–H and O–H groups in total. The van der Waals surface area contributed by atoms with Crippen LogP contribution in [-0.4, -0.2) is 21.6 Å². The highest BCUT2D eigenvalue weighted by Crippen LogP contribution is 2.16. The Morgan fingerprint density at radius 2 is 1.77 bits per heavy atom. The zero-order valence-corrected chi connectivity index (χ0v) is 13.4. The Morgan fingerprint density at radius 1 is 1.14 bits per heavy atom. The molecule has 0 bridgehead atoms. The lowest BCUT2D eigenvalue weighted by Gasteiger charge is -2.06. The molecule has 5 nitrogen and oxygen atoms in total. The second-order valence-corrected chi connectivity index (χ2v) is 5.20. The van der Waals surface area contributed by atoms with Crippen molar-refractivity contribution in [2.75, 3.05) is 5.32 Å². The molecule has 1 aromatic heterocycles. The van der Waals surface area contributed by atoms with Crippen molar-refractivity contribution in [3.8, 4) is 0 Å². The average molecular weight is 299 g/mol. The predicted molar refractivity (Wildman–Crippen MR) is 86.2 cm³/mol. The number of carbonyl (C=O) groups is 2. The fourth-order valence-corrected chi connectivity index (χ4v) is 2.45. The Kier molecular flexibility index (Phi) is 4.75. The minimum absolute atomic E-state index is 0.0507. The van der Waals surface area contributed by atoms with Crippen molar-refractivity contribution in [1.82, 2.24) is 9.78 Å². The summed E-state index contributed by atoms with van der Waals surface area (Å²) >= 11 is 0. The third-order valence-electron chi connectivity index (χ3n) is 3.72. The summed E-state index contributed by atoms with van der Waals surface area (Å²) in [5.41, 5.74) is 4.11. The molecule has 0 atom stereocenters. The van der Waals surface area contributed by atoms with Gasteiger partial charge in [0.25, 0.3) is 5.91 Å². The highest BCUT2D eigenvalue weighted by atomic mass is 16.2. The quantitative estimate of drug-likeness (QED) is 0.943. The van der Waals surface area contributed by atoms with Gasteiger partial charge >= 0.3 is 0 Å². The number of benzene rings is 1. The summed E-state index contributed by atoms with van der Waals surface area (Å²) in [6, 6.07) is 6.87. The molecule has 0 aliphatic carbocycles. The molecule has 0 radical (unpaired) electrons. The van der Waals surface area contributed by atoms with Gasteiger partial charge in [0, 0.05) is 23.4 Å². The highest BCUT2D eigenvalue weighted by molar-refractivity contribution is 5.97.